The number of nitrogens with one attached hydrogen (secondary N) is 2. The number of amides is 2. The van der Waals surface area contributed by atoms with Gasteiger partial charge in [0.25, 0.3) is 11.1 Å². The molecular weight excluding hydrogens is 1330 g/mol. The van der Waals surface area contributed by atoms with E-state index < -0.39 is 107 Å². The molecule has 0 aliphatic carbocycles. The second-order valence-corrected chi connectivity index (χ2v) is 26.7. The third-order valence-electron chi connectivity index (χ3n) is 17.6. The van der Waals surface area contributed by atoms with Crippen LogP contribution in [0.2, 0.25) is 10.0 Å². The number of hydrogen-bond acceptors (Lipinski definition) is 11. The van der Waals surface area contributed by atoms with Gasteiger partial charge in [0.15, 0.2) is 0 Å². The number of alkyl halides is 6. The molecule has 2 aliphatic heterocycles. The number of aliphatic carboxylic acids is 1. The Morgan fingerprint density at radius 3 is 1.27 bits per heavy atom. The van der Waals surface area contributed by atoms with Crippen LogP contribution in [0.1, 0.15) is 140 Å². The number of carboxylic acids is 1. The van der Waals surface area contributed by atoms with Crippen LogP contribution >= 0.6 is 23.2 Å². The molecule has 16 nitrogen and oxygen atoms in total. The summed E-state index contributed by atoms with van der Waals surface area (Å²) in [6.07, 6.45) is -8.60. The Labute approximate surface area is 574 Å². The third-order valence-corrected chi connectivity index (χ3v) is 18.2. The highest BCUT2D eigenvalue weighted by molar-refractivity contribution is 6.31. The molecular formula is C72H84Cl2F8N6O10. The average molecular weight is 1420 g/mol. The number of carbonyl (C=O) groups is 4. The van der Waals surface area contributed by atoms with Gasteiger partial charge in [0.2, 0.25) is 11.8 Å². The van der Waals surface area contributed by atoms with E-state index in [9.17, 15) is 60.2 Å². The smallest absolute Gasteiger partial charge is 0.416 e. The molecule has 2 aromatic heterocycles. The molecule has 0 spiro atoms. The summed E-state index contributed by atoms with van der Waals surface area (Å²) in [6, 6.07) is 12.8. The van der Waals surface area contributed by atoms with Gasteiger partial charge in [0.05, 0.1) is 64.9 Å². The first-order chi connectivity index (χ1) is 46.0. The van der Waals surface area contributed by atoms with Crippen molar-refractivity contribution < 1.29 is 73.6 Å². The number of carbonyl (C=O) groups excluding carboxylic acids is 3. The van der Waals surface area contributed by atoms with Gasteiger partial charge in [0, 0.05) is 89.1 Å². The summed E-state index contributed by atoms with van der Waals surface area (Å²) in [5.74, 6) is -5.85. The molecule has 532 valence electrons. The van der Waals surface area contributed by atoms with Crippen molar-refractivity contribution in [2.24, 2.45) is 11.8 Å². The summed E-state index contributed by atoms with van der Waals surface area (Å²) in [5.41, 5.74) is 1.39. The maximum absolute atomic E-state index is 15.9. The van der Waals surface area contributed by atoms with Crippen molar-refractivity contribution in [3.8, 4) is 22.3 Å². The largest absolute Gasteiger partial charge is 0.481 e. The van der Waals surface area contributed by atoms with Crippen LogP contribution in [-0.4, -0.2) is 120 Å². The van der Waals surface area contributed by atoms with E-state index in [1.807, 2.05) is 73.9 Å². The van der Waals surface area contributed by atoms with Crippen molar-refractivity contribution in [3.05, 3.63) is 183 Å². The Morgan fingerprint density at radius 2 is 0.949 bits per heavy atom. The van der Waals surface area contributed by atoms with Gasteiger partial charge in [-0.2, -0.15) is 26.3 Å². The number of methoxy groups -OCH3 is 2. The SMILES string of the molecule is CCOC(=O)C[C@H](NC(=O)C(CC(C)C)n1cc(CCN2CC(OC)C2)c(C(F)(F)F)cc1=O)c1cc(-c2c(C)cccc2C)cc(Cl)c1F.COC1CN(CCc2cn(C(CC(C)C)C(=O)N[C@@H](CC(=O)O)c3cc(-c4c(C)cccc4C)cc(Cl)c3F)c(=O)cc2C(F)(F)F)C1. The Morgan fingerprint density at radius 1 is 0.592 bits per heavy atom. The number of esters is 1. The van der Waals surface area contributed by atoms with E-state index in [2.05, 4.69) is 10.6 Å². The Balaban J connectivity index is 0.000000276. The number of hydrogen-bond donors (Lipinski definition) is 3. The molecule has 4 aromatic carbocycles. The summed E-state index contributed by atoms with van der Waals surface area (Å²) in [6.45, 7) is 19.1. The number of aromatic nitrogens is 2. The molecule has 3 N–H and O–H groups in total. The maximum atomic E-state index is 15.9. The number of aryl methyl sites for hydroxylation is 4. The summed E-state index contributed by atoms with van der Waals surface area (Å²) >= 11 is 12.7. The maximum Gasteiger partial charge on any atom is 0.416 e. The normalized spacial score (nSPS) is 15.2. The number of benzene rings is 4. The number of ether oxygens (including phenoxy) is 3. The summed E-state index contributed by atoms with van der Waals surface area (Å²) in [4.78, 5) is 83.4. The molecule has 4 heterocycles. The van der Waals surface area contributed by atoms with Crippen molar-refractivity contribution in [3.63, 3.8) is 0 Å². The zero-order chi connectivity index (χ0) is 72.4. The first-order valence-electron chi connectivity index (χ1n) is 32.3. The van der Waals surface area contributed by atoms with Crippen LogP contribution in [0.5, 0.6) is 0 Å². The van der Waals surface area contributed by atoms with Crippen molar-refractivity contribution >= 4 is 47.0 Å². The number of pyridine rings is 2. The predicted octanol–water partition coefficient (Wildman–Crippen LogP) is 14.0. The zero-order valence-electron chi connectivity index (χ0n) is 56.6. The first kappa shape index (κ1) is 77.9. The van der Waals surface area contributed by atoms with Gasteiger partial charge in [-0.15, -0.1) is 0 Å². The van der Waals surface area contributed by atoms with Crippen LogP contribution in [-0.2, 0) is 58.6 Å². The Kier molecular flexibility index (Phi) is 26.7. The topological polar surface area (TPSA) is 191 Å². The van der Waals surface area contributed by atoms with Crippen LogP contribution in [0.15, 0.2) is 94.8 Å². The van der Waals surface area contributed by atoms with E-state index in [1.165, 1.54) is 24.3 Å². The zero-order valence-corrected chi connectivity index (χ0v) is 58.1. The summed E-state index contributed by atoms with van der Waals surface area (Å²) < 4.78 is 134. The fourth-order valence-corrected chi connectivity index (χ4v) is 13.0. The van der Waals surface area contributed by atoms with Crippen LogP contribution in [0.3, 0.4) is 0 Å². The van der Waals surface area contributed by atoms with Gasteiger partial charge in [-0.3, -0.25) is 38.6 Å². The highest BCUT2D eigenvalue weighted by Gasteiger charge is 2.39. The van der Waals surface area contributed by atoms with Gasteiger partial charge in [-0.1, -0.05) is 87.3 Å². The van der Waals surface area contributed by atoms with E-state index in [4.69, 9.17) is 37.4 Å². The fourth-order valence-electron chi connectivity index (χ4n) is 12.6. The lowest BCUT2D eigenvalue weighted by atomic mass is 9.92. The lowest BCUT2D eigenvalue weighted by Crippen LogP contribution is -2.52. The minimum Gasteiger partial charge on any atom is -0.481 e. The lowest BCUT2D eigenvalue weighted by molar-refractivity contribution is -0.144. The molecule has 2 amide bonds. The quantitative estimate of drug-likeness (QED) is 0.0327. The molecule has 0 radical (unpaired) electrons. The fraction of sp³-hybridized carbons (Fsp3) is 0.472. The molecule has 2 fully saturated rings. The summed E-state index contributed by atoms with van der Waals surface area (Å²) in [5, 5.41) is 14.6. The van der Waals surface area contributed by atoms with Crippen LogP contribution in [0, 0.1) is 51.2 Å². The molecule has 2 aliphatic rings. The number of carboxylic acid groups (broad SMARTS) is 1. The molecule has 0 saturated carbocycles. The molecule has 6 aromatic rings. The van der Waals surface area contributed by atoms with Crippen molar-refractivity contribution in [2.45, 2.75) is 150 Å². The van der Waals surface area contributed by atoms with Crippen LogP contribution in [0.4, 0.5) is 35.1 Å². The monoisotopic (exact) mass is 1410 g/mol. The summed E-state index contributed by atoms with van der Waals surface area (Å²) in [7, 11) is 3.13. The standard InChI is InChI=1S/C37H44ClF4N3O5.C35H40ClF4N3O5/c1-7-50-33(47)17-30(27-14-25(15-29(38)35(27)39)34-22(4)9-8-10-23(34)5)43-36(48)31(13-21(2)3)45-18-24(11-12-44-19-26(20-44)49-6)28(16-32(45)46)37(40,41)42;1-19(2)11-29(43-16-22(9-10-42-17-24(18-42)48-5)26(14-30(43)44)35(38,39)40)34(47)41-28(15-31(45)46)25-12-23(13-27(36)33(25)37)32-20(3)7-6-8-21(32)4/h8-10,14-16,18,21,26,30-31H,7,11-13,17,19-20H2,1-6H3,(H,43,48);6-8,12-14,16,19,24,28-29H,9-11,15,17-18H2,1-5H3,(H,41,47)(H,45,46)/t30-,31?;28-,29?/m00/s1. The number of likely N-dealkylation sites (tertiary alicyclic amines) is 2. The van der Waals surface area contributed by atoms with Crippen molar-refractivity contribution in [2.75, 3.05) is 60.1 Å². The second-order valence-electron chi connectivity index (χ2n) is 25.9. The predicted molar refractivity (Wildman–Crippen MR) is 358 cm³/mol. The molecule has 8 rings (SSSR count). The molecule has 4 atom stereocenters. The molecule has 0 bridgehead atoms. The Hall–Kier alpha value is -7.48. The molecule has 98 heavy (non-hydrogen) atoms. The van der Waals surface area contributed by atoms with E-state index in [1.54, 1.807) is 48.8 Å². The number of halogens is 10. The molecule has 2 saturated heterocycles. The van der Waals surface area contributed by atoms with E-state index in [0.717, 1.165) is 54.9 Å². The van der Waals surface area contributed by atoms with E-state index >= 15 is 8.78 Å². The van der Waals surface area contributed by atoms with E-state index in [-0.39, 0.29) is 95.2 Å². The Bertz CT molecular complexity index is 3940. The van der Waals surface area contributed by atoms with Gasteiger partial charge in [-0.25, -0.2) is 8.78 Å². The minimum absolute atomic E-state index is 0.0000539. The van der Waals surface area contributed by atoms with E-state index in [0.29, 0.717) is 56.0 Å². The molecule has 2 unspecified atom stereocenters. The highest BCUT2D eigenvalue weighted by Crippen LogP contribution is 2.40. The first-order valence-corrected chi connectivity index (χ1v) is 33.0. The van der Waals surface area contributed by atoms with Crippen molar-refractivity contribution in [1.29, 1.82) is 0 Å². The third kappa shape index (κ3) is 19.7. The lowest BCUT2D eigenvalue weighted by Gasteiger charge is -2.38. The molecule has 26 heteroatoms. The van der Waals surface area contributed by atoms with Crippen LogP contribution < -0.4 is 21.8 Å². The van der Waals surface area contributed by atoms with Gasteiger partial charge >= 0.3 is 24.3 Å². The number of rotatable bonds is 27. The highest BCUT2D eigenvalue weighted by atomic mass is 35.5. The number of nitrogens with zero attached hydrogens (tertiary/aromatic N) is 4. The van der Waals surface area contributed by atoms with Gasteiger partial charge in [-0.05, 0) is 152 Å². The minimum atomic E-state index is -4.81. The second kappa shape index (κ2) is 33.6. The van der Waals surface area contributed by atoms with Crippen LogP contribution in [0.25, 0.3) is 22.3 Å². The van der Waals surface area contributed by atoms with Crippen molar-refractivity contribution in [1.82, 2.24) is 29.6 Å². The van der Waals surface area contributed by atoms with Gasteiger partial charge < -0.3 is 39.1 Å². The van der Waals surface area contributed by atoms with Gasteiger partial charge in [0.1, 0.15) is 23.7 Å². The average Bonchev–Trinajstić information content (AvgIpc) is 0.805.